The largest absolute Gasteiger partial charge is 0.310 e. The molecule has 1 nitrogen and oxygen atoms in total. The molecule has 0 heterocycles. The summed E-state index contributed by atoms with van der Waals surface area (Å²) in [7, 11) is 0. The predicted octanol–water partition coefficient (Wildman–Crippen LogP) is 4.31. The third-order valence-electron chi connectivity index (χ3n) is 3.46. The van der Waals surface area contributed by atoms with Crippen LogP contribution in [0.5, 0.6) is 0 Å². The second-order valence-corrected chi connectivity index (χ2v) is 5.06. The Labute approximate surface area is 122 Å². The minimum Gasteiger partial charge on any atom is -0.310 e. The molecule has 1 unspecified atom stereocenters. The van der Waals surface area contributed by atoms with Crippen LogP contribution in [0.3, 0.4) is 0 Å². The van der Waals surface area contributed by atoms with Crippen molar-refractivity contribution in [2.75, 3.05) is 6.54 Å². The highest BCUT2D eigenvalue weighted by atomic mass is 19.1. The van der Waals surface area contributed by atoms with Crippen LogP contribution in [0, 0.1) is 24.4 Å². The Kier molecular flexibility index (Phi) is 5.02. The first-order valence-corrected chi connectivity index (χ1v) is 6.94. The summed E-state index contributed by atoms with van der Waals surface area (Å²) in [4.78, 5) is 0. The van der Waals surface area contributed by atoms with Crippen molar-refractivity contribution in [2.45, 2.75) is 26.3 Å². The number of hydrogen-bond donors (Lipinski definition) is 1. The summed E-state index contributed by atoms with van der Waals surface area (Å²) in [5.41, 5.74) is 1.44. The van der Waals surface area contributed by atoms with Gasteiger partial charge in [-0.25, -0.2) is 13.2 Å². The molecule has 0 aromatic heterocycles. The molecule has 1 atom stereocenters. The summed E-state index contributed by atoms with van der Waals surface area (Å²) in [5.74, 6) is -1.17. The van der Waals surface area contributed by atoms with Gasteiger partial charge in [0.1, 0.15) is 17.5 Å². The molecule has 0 amide bonds. The summed E-state index contributed by atoms with van der Waals surface area (Å²) < 4.78 is 40.7. The van der Waals surface area contributed by atoms with Crippen molar-refractivity contribution in [2.24, 2.45) is 0 Å². The Hall–Kier alpha value is -1.81. The zero-order chi connectivity index (χ0) is 15.4. The SMILES string of the molecule is CCNC(Cc1ccc(F)cc1)c1cc(F)c(C)cc1F. The van der Waals surface area contributed by atoms with Crippen molar-refractivity contribution >= 4 is 0 Å². The fourth-order valence-corrected chi connectivity index (χ4v) is 2.32. The Bertz CT molecular complexity index is 608. The molecule has 21 heavy (non-hydrogen) atoms. The van der Waals surface area contributed by atoms with E-state index in [0.29, 0.717) is 18.5 Å². The third kappa shape index (κ3) is 3.85. The lowest BCUT2D eigenvalue weighted by Crippen LogP contribution is -2.24. The highest BCUT2D eigenvalue weighted by Gasteiger charge is 2.17. The van der Waals surface area contributed by atoms with E-state index in [1.165, 1.54) is 31.2 Å². The van der Waals surface area contributed by atoms with Gasteiger partial charge in [-0.15, -0.1) is 0 Å². The number of hydrogen-bond acceptors (Lipinski definition) is 1. The maximum absolute atomic E-state index is 14.1. The van der Waals surface area contributed by atoms with Gasteiger partial charge < -0.3 is 5.32 Å². The molecule has 0 fully saturated rings. The lowest BCUT2D eigenvalue weighted by molar-refractivity contribution is 0.500. The van der Waals surface area contributed by atoms with Crippen molar-refractivity contribution in [1.82, 2.24) is 5.32 Å². The number of likely N-dealkylation sites (N-methyl/N-ethyl adjacent to an activating group) is 1. The lowest BCUT2D eigenvalue weighted by atomic mass is 9.97. The molecule has 0 aliphatic heterocycles. The van der Waals surface area contributed by atoms with Crippen LogP contribution in [0.25, 0.3) is 0 Å². The second-order valence-electron chi connectivity index (χ2n) is 5.06. The van der Waals surface area contributed by atoms with Gasteiger partial charge in [0.2, 0.25) is 0 Å². The fourth-order valence-electron chi connectivity index (χ4n) is 2.32. The Balaban J connectivity index is 2.30. The number of halogens is 3. The lowest BCUT2D eigenvalue weighted by Gasteiger charge is -2.20. The molecule has 1 N–H and O–H groups in total. The zero-order valence-corrected chi connectivity index (χ0v) is 12.1. The zero-order valence-electron chi connectivity index (χ0n) is 12.1. The monoisotopic (exact) mass is 293 g/mol. The molecule has 0 saturated heterocycles. The van der Waals surface area contributed by atoms with Crippen LogP contribution in [0.4, 0.5) is 13.2 Å². The molecule has 2 aromatic carbocycles. The van der Waals surface area contributed by atoms with Crippen LogP contribution >= 0.6 is 0 Å². The summed E-state index contributed by atoms with van der Waals surface area (Å²) >= 11 is 0. The van der Waals surface area contributed by atoms with E-state index in [1.807, 2.05) is 6.92 Å². The van der Waals surface area contributed by atoms with Gasteiger partial charge in [0.05, 0.1) is 0 Å². The van der Waals surface area contributed by atoms with Gasteiger partial charge >= 0.3 is 0 Å². The molecule has 0 saturated carbocycles. The Morgan fingerprint density at radius 3 is 2.29 bits per heavy atom. The van der Waals surface area contributed by atoms with Crippen molar-refractivity contribution in [3.8, 4) is 0 Å². The normalized spacial score (nSPS) is 12.4. The number of nitrogens with one attached hydrogen (secondary N) is 1. The molecule has 2 rings (SSSR count). The molecule has 112 valence electrons. The maximum Gasteiger partial charge on any atom is 0.128 e. The predicted molar refractivity (Wildman–Crippen MR) is 77.6 cm³/mol. The molecule has 0 bridgehead atoms. The highest BCUT2D eigenvalue weighted by molar-refractivity contribution is 5.29. The highest BCUT2D eigenvalue weighted by Crippen LogP contribution is 2.24. The molecule has 0 aliphatic carbocycles. The third-order valence-corrected chi connectivity index (χ3v) is 3.46. The van der Waals surface area contributed by atoms with Gasteiger partial charge in [0.25, 0.3) is 0 Å². The molecular formula is C17H18F3N. The van der Waals surface area contributed by atoms with Crippen LogP contribution in [0.1, 0.15) is 29.7 Å². The Morgan fingerprint density at radius 2 is 1.67 bits per heavy atom. The minimum atomic E-state index is -0.429. The van der Waals surface area contributed by atoms with Crippen molar-refractivity contribution in [3.05, 3.63) is 70.5 Å². The maximum atomic E-state index is 14.1. The molecule has 4 heteroatoms. The van der Waals surface area contributed by atoms with E-state index in [-0.39, 0.29) is 17.4 Å². The molecule has 2 aromatic rings. The van der Waals surface area contributed by atoms with Crippen molar-refractivity contribution in [3.63, 3.8) is 0 Å². The van der Waals surface area contributed by atoms with Gasteiger partial charge in [-0.3, -0.25) is 0 Å². The van der Waals surface area contributed by atoms with Crippen LogP contribution in [0.15, 0.2) is 36.4 Å². The number of aryl methyl sites for hydroxylation is 1. The van der Waals surface area contributed by atoms with Gasteiger partial charge in [-0.1, -0.05) is 19.1 Å². The van der Waals surface area contributed by atoms with E-state index in [1.54, 1.807) is 12.1 Å². The van der Waals surface area contributed by atoms with Gasteiger partial charge in [0, 0.05) is 11.6 Å². The van der Waals surface area contributed by atoms with E-state index in [4.69, 9.17) is 0 Å². The van der Waals surface area contributed by atoms with Crippen LogP contribution in [-0.2, 0) is 6.42 Å². The molecule has 0 aliphatic rings. The van der Waals surface area contributed by atoms with E-state index >= 15 is 0 Å². The fraction of sp³-hybridized carbons (Fsp3) is 0.294. The van der Waals surface area contributed by atoms with Gasteiger partial charge in [-0.2, -0.15) is 0 Å². The minimum absolute atomic E-state index is 0.285. The summed E-state index contributed by atoms with van der Waals surface area (Å²) in [6.45, 7) is 4.06. The van der Waals surface area contributed by atoms with Crippen molar-refractivity contribution < 1.29 is 13.2 Å². The standard InChI is InChI=1S/C17H18F3N/c1-3-21-17(9-12-4-6-13(18)7-5-12)14-10-15(19)11(2)8-16(14)20/h4-8,10,17,21H,3,9H2,1-2H3. The van der Waals surface area contributed by atoms with E-state index in [9.17, 15) is 13.2 Å². The average Bonchev–Trinajstić information content (AvgIpc) is 2.45. The van der Waals surface area contributed by atoms with E-state index in [2.05, 4.69) is 5.32 Å². The Morgan fingerprint density at radius 1 is 1.00 bits per heavy atom. The average molecular weight is 293 g/mol. The van der Waals surface area contributed by atoms with Crippen LogP contribution in [0.2, 0.25) is 0 Å². The van der Waals surface area contributed by atoms with Gasteiger partial charge in [0.15, 0.2) is 0 Å². The summed E-state index contributed by atoms with van der Waals surface area (Å²) in [6, 6.07) is 8.14. The second kappa shape index (κ2) is 6.76. The van der Waals surface area contributed by atoms with Crippen LogP contribution in [-0.4, -0.2) is 6.54 Å². The molecule has 0 radical (unpaired) electrons. The number of rotatable bonds is 5. The first-order chi connectivity index (χ1) is 10.0. The quantitative estimate of drug-likeness (QED) is 0.866. The van der Waals surface area contributed by atoms with E-state index < -0.39 is 11.6 Å². The van der Waals surface area contributed by atoms with Crippen LogP contribution < -0.4 is 5.32 Å². The smallest absolute Gasteiger partial charge is 0.128 e. The first-order valence-electron chi connectivity index (χ1n) is 6.94. The molecule has 0 spiro atoms. The molecular weight excluding hydrogens is 275 g/mol. The summed E-state index contributed by atoms with van der Waals surface area (Å²) in [6.07, 6.45) is 0.466. The van der Waals surface area contributed by atoms with E-state index in [0.717, 1.165) is 5.56 Å². The topological polar surface area (TPSA) is 12.0 Å². The first kappa shape index (κ1) is 15.6. The van der Waals surface area contributed by atoms with Gasteiger partial charge in [-0.05, 0) is 55.3 Å². The van der Waals surface area contributed by atoms with Crippen molar-refractivity contribution in [1.29, 1.82) is 0 Å². The number of benzene rings is 2. The summed E-state index contributed by atoms with van der Waals surface area (Å²) in [5, 5.41) is 3.15.